The van der Waals surface area contributed by atoms with Crippen molar-refractivity contribution < 1.29 is 14.3 Å². The number of carbonyl (C=O) groups is 1. The molecule has 1 amide bonds. The zero-order valence-corrected chi connectivity index (χ0v) is 16.0. The Bertz CT molecular complexity index is 978. The van der Waals surface area contributed by atoms with Gasteiger partial charge in [0.25, 0.3) is 5.91 Å². The number of nitrogens with zero attached hydrogens (tertiary/aromatic N) is 2. The Labute approximate surface area is 163 Å². The maximum absolute atomic E-state index is 12.3. The van der Waals surface area contributed by atoms with Crippen molar-refractivity contribution in [1.82, 2.24) is 15.6 Å². The van der Waals surface area contributed by atoms with Crippen molar-refractivity contribution in [2.45, 2.75) is 13.3 Å². The second-order valence-electron chi connectivity index (χ2n) is 6.02. The Morgan fingerprint density at radius 1 is 1.14 bits per heavy atom. The van der Waals surface area contributed by atoms with E-state index in [0.29, 0.717) is 28.5 Å². The third-order valence-electron chi connectivity index (χ3n) is 4.29. The first-order chi connectivity index (χ1) is 13.6. The molecule has 3 aromatic rings. The van der Waals surface area contributed by atoms with Gasteiger partial charge in [-0.25, -0.2) is 5.43 Å². The van der Waals surface area contributed by atoms with Gasteiger partial charge in [-0.1, -0.05) is 31.2 Å². The number of aryl methyl sites for hydroxylation is 1. The van der Waals surface area contributed by atoms with Crippen LogP contribution in [0.3, 0.4) is 0 Å². The molecule has 0 saturated heterocycles. The van der Waals surface area contributed by atoms with Crippen molar-refractivity contribution >= 4 is 12.1 Å². The Hall–Kier alpha value is -3.61. The Kier molecular flexibility index (Phi) is 6.06. The number of H-pyrrole nitrogens is 1. The molecule has 0 saturated carbocycles. The largest absolute Gasteiger partial charge is 0.497 e. The highest BCUT2D eigenvalue weighted by Crippen LogP contribution is 2.22. The summed E-state index contributed by atoms with van der Waals surface area (Å²) in [5.41, 5.74) is 6.38. The molecule has 0 aliphatic carbocycles. The minimum absolute atomic E-state index is 0.323. The van der Waals surface area contributed by atoms with Gasteiger partial charge < -0.3 is 9.47 Å². The molecule has 1 heterocycles. The number of aromatic amines is 1. The SMILES string of the molecule is CCc1ccc(-c2cc(C(=O)N/N=C/c3cc(OC)ccc3OC)[nH]n2)cc1. The Morgan fingerprint density at radius 2 is 1.93 bits per heavy atom. The first kappa shape index (κ1) is 19.2. The predicted octanol–water partition coefficient (Wildman–Crippen LogP) is 3.42. The number of nitrogens with one attached hydrogen (secondary N) is 2. The number of ether oxygens (including phenoxy) is 2. The van der Waals surface area contributed by atoms with Crippen LogP contribution in [0.15, 0.2) is 53.6 Å². The molecule has 0 spiro atoms. The number of hydrazone groups is 1. The molecule has 3 rings (SSSR count). The highest BCUT2D eigenvalue weighted by Gasteiger charge is 2.10. The highest BCUT2D eigenvalue weighted by atomic mass is 16.5. The summed E-state index contributed by atoms with van der Waals surface area (Å²) < 4.78 is 10.5. The molecule has 0 bridgehead atoms. The van der Waals surface area contributed by atoms with E-state index in [4.69, 9.17) is 9.47 Å². The van der Waals surface area contributed by atoms with Gasteiger partial charge in [-0.2, -0.15) is 10.2 Å². The van der Waals surface area contributed by atoms with Crippen LogP contribution in [0.5, 0.6) is 11.5 Å². The van der Waals surface area contributed by atoms with Gasteiger partial charge in [0, 0.05) is 11.1 Å². The lowest BCUT2D eigenvalue weighted by Crippen LogP contribution is -2.18. The van der Waals surface area contributed by atoms with Crippen LogP contribution in [0.4, 0.5) is 0 Å². The summed E-state index contributed by atoms with van der Waals surface area (Å²) in [5, 5.41) is 10.9. The van der Waals surface area contributed by atoms with Crippen LogP contribution in [-0.2, 0) is 6.42 Å². The Morgan fingerprint density at radius 3 is 2.61 bits per heavy atom. The molecule has 0 fully saturated rings. The summed E-state index contributed by atoms with van der Waals surface area (Å²) in [7, 11) is 3.15. The monoisotopic (exact) mass is 378 g/mol. The van der Waals surface area contributed by atoms with Crippen molar-refractivity contribution in [3.8, 4) is 22.8 Å². The molecule has 28 heavy (non-hydrogen) atoms. The second-order valence-corrected chi connectivity index (χ2v) is 6.02. The average Bonchev–Trinajstić information content (AvgIpc) is 3.24. The van der Waals surface area contributed by atoms with Gasteiger partial charge >= 0.3 is 0 Å². The maximum Gasteiger partial charge on any atom is 0.289 e. The van der Waals surface area contributed by atoms with E-state index in [1.54, 1.807) is 38.5 Å². The van der Waals surface area contributed by atoms with E-state index >= 15 is 0 Å². The molecule has 0 unspecified atom stereocenters. The van der Waals surface area contributed by atoms with Gasteiger partial charge in [0.15, 0.2) is 0 Å². The van der Waals surface area contributed by atoms with E-state index in [9.17, 15) is 4.79 Å². The lowest BCUT2D eigenvalue weighted by atomic mass is 10.1. The molecule has 1 aromatic heterocycles. The smallest absolute Gasteiger partial charge is 0.289 e. The van der Waals surface area contributed by atoms with E-state index in [-0.39, 0.29) is 5.91 Å². The summed E-state index contributed by atoms with van der Waals surface area (Å²) >= 11 is 0. The molecule has 144 valence electrons. The molecular formula is C21H22N4O3. The molecule has 0 aliphatic rings. The van der Waals surface area contributed by atoms with Crippen LogP contribution in [-0.4, -0.2) is 36.5 Å². The molecule has 0 aliphatic heterocycles. The molecule has 7 heteroatoms. The number of amides is 1. The van der Waals surface area contributed by atoms with E-state index in [1.165, 1.54) is 11.8 Å². The van der Waals surface area contributed by atoms with Crippen LogP contribution in [0.2, 0.25) is 0 Å². The van der Waals surface area contributed by atoms with Crippen molar-refractivity contribution in [3.63, 3.8) is 0 Å². The molecule has 7 nitrogen and oxygen atoms in total. The quantitative estimate of drug-likeness (QED) is 0.487. The number of rotatable bonds is 7. The van der Waals surface area contributed by atoms with Crippen LogP contribution < -0.4 is 14.9 Å². The molecule has 0 atom stereocenters. The van der Waals surface area contributed by atoms with E-state index in [2.05, 4.69) is 39.8 Å². The van der Waals surface area contributed by atoms with Crippen molar-refractivity contribution in [2.75, 3.05) is 14.2 Å². The predicted molar refractivity (Wildman–Crippen MR) is 108 cm³/mol. The number of hydrogen-bond donors (Lipinski definition) is 2. The lowest BCUT2D eigenvalue weighted by molar-refractivity contribution is 0.0950. The third-order valence-corrected chi connectivity index (χ3v) is 4.29. The Balaban J connectivity index is 1.68. The fraction of sp³-hybridized carbons (Fsp3) is 0.190. The van der Waals surface area contributed by atoms with Gasteiger partial charge in [0.2, 0.25) is 0 Å². The molecular weight excluding hydrogens is 356 g/mol. The second kappa shape index (κ2) is 8.85. The van der Waals surface area contributed by atoms with Gasteiger partial charge in [-0.3, -0.25) is 9.89 Å². The zero-order valence-electron chi connectivity index (χ0n) is 16.0. The summed E-state index contributed by atoms with van der Waals surface area (Å²) in [4.78, 5) is 12.3. The van der Waals surface area contributed by atoms with Crippen molar-refractivity contribution in [3.05, 3.63) is 65.4 Å². The van der Waals surface area contributed by atoms with Gasteiger partial charge in [0.1, 0.15) is 17.2 Å². The topological polar surface area (TPSA) is 88.6 Å². The van der Waals surface area contributed by atoms with E-state index in [1.807, 2.05) is 12.1 Å². The molecule has 0 radical (unpaired) electrons. The summed E-state index contributed by atoms with van der Waals surface area (Å²) in [6, 6.07) is 15.1. The normalized spacial score (nSPS) is 10.8. The number of methoxy groups -OCH3 is 2. The standard InChI is InChI=1S/C21H22N4O3/c1-4-14-5-7-15(8-6-14)18-12-19(24-23-18)21(26)25-22-13-16-11-17(27-2)9-10-20(16)28-3/h5-13H,4H2,1-3H3,(H,23,24)(H,25,26)/b22-13+. The van der Waals surface area contributed by atoms with Gasteiger partial charge in [0.05, 0.1) is 26.1 Å². The number of aromatic nitrogens is 2. The van der Waals surface area contributed by atoms with E-state index < -0.39 is 0 Å². The van der Waals surface area contributed by atoms with Crippen molar-refractivity contribution in [2.24, 2.45) is 5.10 Å². The maximum atomic E-state index is 12.3. The minimum Gasteiger partial charge on any atom is -0.497 e. The fourth-order valence-electron chi connectivity index (χ4n) is 2.66. The minimum atomic E-state index is -0.387. The van der Waals surface area contributed by atoms with E-state index in [0.717, 1.165) is 12.0 Å². The van der Waals surface area contributed by atoms with Crippen molar-refractivity contribution in [1.29, 1.82) is 0 Å². The van der Waals surface area contributed by atoms with Gasteiger partial charge in [-0.15, -0.1) is 0 Å². The molecule has 2 aromatic carbocycles. The zero-order chi connectivity index (χ0) is 19.9. The highest BCUT2D eigenvalue weighted by molar-refractivity contribution is 5.94. The molecule has 2 N–H and O–H groups in total. The fourth-order valence-corrected chi connectivity index (χ4v) is 2.66. The number of benzene rings is 2. The average molecular weight is 378 g/mol. The third kappa shape index (κ3) is 4.37. The van der Waals surface area contributed by atoms with Crippen LogP contribution in [0, 0.1) is 0 Å². The first-order valence-corrected chi connectivity index (χ1v) is 8.84. The lowest BCUT2D eigenvalue weighted by Gasteiger charge is -2.06. The van der Waals surface area contributed by atoms with Crippen LogP contribution in [0.1, 0.15) is 28.5 Å². The summed E-state index contributed by atoms with van der Waals surface area (Å²) in [6.07, 6.45) is 2.48. The first-order valence-electron chi connectivity index (χ1n) is 8.84. The van der Waals surface area contributed by atoms with Gasteiger partial charge in [-0.05, 0) is 36.2 Å². The summed E-state index contributed by atoms with van der Waals surface area (Å²) in [6.45, 7) is 2.10. The van der Waals surface area contributed by atoms with Crippen LogP contribution >= 0.6 is 0 Å². The summed E-state index contributed by atoms with van der Waals surface area (Å²) in [5.74, 6) is 0.904. The number of hydrogen-bond acceptors (Lipinski definition) is 5. The number of carbonyl (C=O) groups excluding carboxylic acids is 1. The van der Waals surface area contributed by atoms with Crippen LogP contribution in [0.25, 0.3) is 11.3 Å².